The molecule has 5 heteroatoms. The highest BCUT2D eigenvalue weighted by molar-refractivity contribution is 5.89. The summed E-state index contributed by atoms with van der Waals surface area (Å²) in [4.78, 5) is 21.7. The summed E-state index contributed by atoms with van der Waals surface area (Å²) in [7, 11) is 0. The predicted octanol–water partition coefficient (Wildman–Crippen LogP) is -1.20. The van der Waals surface area contributed by atoms with Gasteiger partial charge in [-0.2, -0.15) is 0 Å². The highest BCUT2D eigenvalue weighted by Gasteiger charge is 2.36. The molecule has 0 aromatic rings. The van der Waals surface area contributed by atoms with Crippen LogP contribution >= 0.6 is 0 Å². The highest BCUT2D eigenvalue weighted by Crippen LogP contribution is 2.09. The second-order valence-electron chi connectivity index (χ2n) is 2.57. The van der Waals surface area contributed by atoms with Crippen LogP contribution < -0.4 is 5.32 Å². The topological polar surface area (TPSA) is 75.6 Å². The molecule has 12 heavy (non-hydrogen) atoms. The summed E-state index contributed by atoms with van der Waals surface area (Å²) in [5.41, 5.74) is 0. The molecule has 68 valence electrons. The van der Waals surface area contributed by atoms with Gasteiger partial charge in [-0.1, -0.05) is 0 Å². The summed E-state index contributed by atoms with van der Waals surface area (Å²) in [6, 6.07) is -0.877. The Labute approximate surface area is 69.7 Å². The number of carbonyl (C=O) groups is 2. The minimum absolute atomic E-state index is 0.0243. The van der Waals surface area contributed by atoms with Gasteiger partial charge < -0.3 is 15.2 Å². The van der Waals surface area contributed by atoms with Crippen molar-refractivity contribution in [3.8, 4) is 0 Å². The number of aliphatic hydroxyl groups is 1. The number of ether oxygens (including phenoxy) is 1. The minimum Gasteiger partial charge on any atom is -0.464 e. The quantitative estimate of drug-likeness (QED) is 0.514. The number of rotatable bonds is 2. The second kappa shape index (κ2) is 3.53. The van der Waals surface area contributed by atoms with Crippen LogP contribution in [0, 0.1) is 0 Å². The van der Waals surface area contributed by atoms with Crippen LogP contribution in [0.2, 0.25) is 0 Å². The van der Waals surface area contributed by atoms with Crippen LogP contribution in [-0.2, 0) is 14.3 Å². The van der Waals surface area contributed by atoms with E-state index in [1.165, 1.54) is 0 Å². The maximum absolute atomic E-state index is 11.0. The third-order valence-corrected chi connectivity index (χ3v) is 1.64. The fraction of sp³-hybridized carbons (Fsp3) is 0.714. The van der Waals surface area contributed by atoms with Crippen molar-refractivity contribution >= 4 is 11.9 Å². The Balaban J connectivity index is 2.52. The van der Waals surface area contributed by atoms with E-state index in [1.807, 2.05) is 0 Å². The molecule has 0 saturated carbocycles. The lowest BCUT2D eigenvalue weighted by molar-refractivity contribution is -0.147. The third kappa shape index (κ3) is 1.73. The molecule has 5 nitrogen and oxygen atoms in total. The van der Waals surface area contributed by atoms with Gasteiger partial charge in [0.25, 0.3) is 0 Å². The monoisotopic (exact) mass is 173 g/mol. The number of nitrogens with one attached hydrogen (secondary N) is 1. The number of aliphatic hydroxyl groups excluding tert-OH is 1. The lowest BCUT2D eigenvalue weighted by atomic mass is 10.2. The van der Waals surface area contributed by atoms with Gasteiger partial charge in [0, 0.05) is 0 Å². The van der Waals surface area contributed by atoms with Gasteiger partial charge in [0.1, 0.15) is 0 Å². The molecular formula is C7H11NO4. The zero-order chi connectivity index (χ0) is 9.14. The third-order valence-electron chi connectivity index (χ3n) is 1.64. The lowest BCUT2D eigenvalue weighted by Gasteiger charge is -2.11. The van der Waals surface area contributed by atoms with Crippen molar-refractivity contribution in [3.05, 3.63) is 0 Å². The van der Waals surface area contributed by atoms with Crippen molar-refractivity contribution in [1.29, 1.82) is 0 Å². The van der Waals surface area contributed by atoms with Crippen molar-refractivity contribution in [1.82, 2.24) is 5.32 Å². The minimum atomic E-state index is -0.948. The van der Waals surface area contributed by atoms with E-state index in [1.54, 1.807) is 6.92 Å². The molecule has 0 unspecified atom stereocenters. The van der Waals surface area contributed by atoms with Gasteiger partial charge in [0.05, 0.1) is 19.1 Å². The fourth-order valence-corrected chi connectivity index (χ4v) is 1.08. The van der Waals surface area contributed by atoms with E-state index in [4.69, 9.17) is 0 Å². The van der Waals surface area contributed by atoms with Gasteiger partial charge in [-0.05, 0) is 6.92 Å². The first kappa shape index (κ1) is 8.99. The Kier molecular flexibility index (Phi) is 2.65. The van der Waals surface area contributed by atoms with Gasteiger partial charge in [-0.15, -0.1) is 0 Å². The summed E-state index contributed by atoms with van der Waals surface area (Å²) >= 11 is 0. The first-order valence-corrected chi connectivity index (χ1v) is 3.79. The summed E-state index contributed by atoms with van der Waals surface area (Å²) in [6.07, 6.45) is -0.972. The summed E-state index contributed by atoms with van der Waals surface area (Å²) in [5.74, 6) is -0.892. The predicted molar refractivity (Wildman–Crippen MR) is 39.2 cm³/mol. The van der Waals surface area contributed by atoms with E-state index >= 15 is 0 Å². The number of carbonyl (C=O) groups excluding carboxylic acids is 2. The maximum Gasteiger partial charge on any atom is 0.331 e. The van der Waals surface area contributed by atoms with Crippen LogP contribution in [0.25, 0.3) is 0 Å². The fourth-order valence-electron chi connectivity index (χ4n) is 1.08. The highest BCUT2D eigenvalue weighted by atomic mass is 16.5. The lowest BCUT2D eigenvalue weighted by Crippen LogP contribution is -2.40. The molecule has 0 aromatic carbocycles. The molecule has 0 aliphatic carbocycles. The maximum atomic E-state index is 11.0. The summed E-state index contributed by atoms with van der Waals surface area (Å²) in [6.45, 7) is 1.92. The van der Waals surface area contributed by atoms with Crippen LogP contribution in [-0.4, -0.2) is 35.7 Å². The van der Waals surface area contributed by atoms with Crippen molar-refractivity contribution in [3.63, 3.8) is 0 Å². The number of amides is 1. The molecule has 1 aliphatic heterocycles. The largest absolute Gasteiger partial charge is 0.464 e. The molecule has 1 amide bonds. The molecule has 0 aromatic heterocycles. The molecule has 0 bridgehead atoms. The van der Waals surface area contributed by atoms with Crippen molar-refractivity contribution in [2.75, 3.05) is 6.61 Å². The molecule has 1 rings (SSSR count). The summed E-state index contributed by atoms with van der Waals surface area (Å²) < 4.78 is 4.63. The molecular weight excluding hydrogens is 162 g/mol. The number of esters is 1. The van der Waals surface area contributed by atoms with E-state index in [0.717, 1.165) is 0 Å². The Morgan fingerprint density at radius 2 is 2.50 bits per heavy atom. The number of hydrogen-bond acceptors (Lipinski definition) is 4. The van der Waals surface area contributed by atoms with Gasteiger partial charge >= 0.3 is 5.97 Å². The molecule has 0 radical (unpaired) electrons. The molecule has 1 saturated heterocycles. The average molecular weight is 173 g/mol. The second-order valence-corrected chi connectivity index (χ2v) is 2.57. The molecule has 1 aliphatic rings. The molecule has 1 fully saturated rings. The standard InChI is InChI=1S/C7H11NO4/c1-2-12-7(11)6-4(9)3-5(10)8-6/h4,6,9H,2-3H2,1H3,(H,8,10)/t4-,6-/m1/s1. The smallest absolute Gasteiger partial charge is 0.331 e. The SMILES string of the molecule is CCOC(=O)[C@@H]1NC(=O)C[C@H]1O. The van der Waals surface area contributed by atoms with E-state index in [-0.39, 0.29) is 18.9 Å². The van der Waals surface area contributed by atoms with Crippen LogP contribution in [0.4, 0.5) is 0 Å². The van der Waals surface area contributed by atoms with Crippen LogP contribution in [0.15, 0.2) is 0 Å². The summed E-state index contributed by atoms with van der Waals surface area (Å²) in [5, 5.41) is 11.5. The van der Waals surface area contributed by atoms with E-state index in [0.29, 0.717) is 0 Å². The van der Waals surface area contributed by atoms with Crippen molar-refractivity contribution < 1.29 is 19.4 Å². The van der Waals surface area contributed by atoms with Gasteiger partial charge in [0.2, 0.25) is 5.91 Å². The van der Waals surface area contributed by atoms with Gasteiger partial charge in [-0.25, -0.2) is 4.79 Å². The zero-order valence-corrected chi connectivity index (χ0v) is 6.74. The van der Waals surface area contributed by atoms with Crippen LogP contribution in [0.1, 0.15) is 13.3 Å². The van der Waals surface area contributed by atoms with Crippen LogP contribution in [0.3, 0.4) is 0 Å². The molecule has 0 spiro atoms. The first-order chi connectivity index (χ1) is 5.65. The van der Waals surface area contributed by atoms with Gasteiger partial charge in [-0.3, -0.25) is 4.79 Å². The Morgan fingerprint density at radius 3 is 2.92 bits per heavy atom. The van der Waals surface area contributed by atoms with E-state index < -0.39 is 18.1 Å². The molecule has 2 N–H and O–H groups in total. The first-order valence-electron chi connectivity index (χ1n) is 3.79. The van der Waals surface area contributed by atoms with E-state index in [9.17, 15) is 14.7 Å². The average Bonchev–Trinajstić information content (AvgIpc) is 2.30. The Morgan fingerprint density at radius 1 is 1.83 bits per heavy atom. The zero-order valence-electron chi connectivity index (χ0n) is 6.74. The Bertz CT molecular complexity index is 204. The Hall–Kier alpha value is -1.10. The van der Waals surface area contributed by atoms with Crippen molar-refractivity contribution in [2.45, 2.75) is 25.5 Å². The van der Waals surface area contributed by atoms with Gasteiger partial charge in [0.15, 0.2) is 6.04 Å². The molecule has 1 heterocycles. The van der Waals surface area contributed by atoms with Crippen molar-refractivity contribution in [2.24, 2.45) is 0 Å². The van der Waals surface area contributed by atoms with E-state index in [2.05, 4.69) is 10.1 Å². The van der Waals surface area contributed by atoms with Crippen LogP contribution in [0.5, 0.6) is 0 Å². The number of hydrogen-bond donors (Lipinski definition) is 2. The normalized spacial score (nSPS) is 28.3. The molecule has 2 atom stereocenters.